The molecule has 0 heterocycles. The molecule has 0 spiro atoms. The molecule has 1 aliphatic rings. The van der Waals surface area contributed by atoms with E-state index in [1.54, 1.807) is 0 Å². The second-order valence-electron chi connectivity index (χ2n) is 5.24. The Hall–Kier alpha value is -1.29. The molecule has 3 nitrogen and oxygen atoms in total. The third-order valence-electron chi connectivity index (χ3n) is 3.53. The first-order chi connectivity index (χ1) is 9.63. The lowest BCUT2D eigenvalue weighted by molar-refractivity contribution is 0.203. The number of amides is 2. The summed E-state index contributed by atoms with van der Waals surface area (Å²) in [5, 5.41) is 6.33. The normalized spacial score (nSPS) is 22.3. The zero-order valence-electron chi connectivity index (χ0n) is 11.4. The Kier molecular flexibility index (Phi) is 5.65. The van der Waals surface area contributed by atoms with Crippen LogP contribution in [0.25, 0.3) is 0 Å². The van der Waals surface area contributed by atoms with E-state index in [1.807, 2.05) is 24.3 Å². The number of carbonyl (C=O) groups excluding carboxylic acids is 1. The molecule has 1 aliphatic carbocycles. The summed E-state index contributed by atoms with van der Waals surface area (Å²) in [6, 6.07) is 7.31. The minimum atomic E-state index is -0.777. The van der Waals surface area contributed by atoms with Crippen molar-refractivity contribution in [1.29, 1.82) is 0 Å². The SMILES string of the molecule is O=C(NCCc1cccc(Cl)c1)NC1CCCC(F)C1. The van der Waals surface area contributed by atoms with Crippen LogP contribution in [0.15, 0.2) is 24.3 Å². The van der Waals surface area contributed by atoms with Gasteiger partial charge in [-0.05, 0) is 49.8 Å². The van der Waals surface area contributed by atoms with Crippen molar-refractivity contribution in [3.63, 3.8) is 0 Å². The summed E-state index contributed by atoms with van der Waals surface area (Å²) in [5.41, 5.74) is 1.08. The average molecular weight is 299 g/mol. The Morgan fingerprint density at radius 1 is 1.40 bits per heavy atom. The molecule has 2 N–H and O–H groups in total. The molecule has 2 rings (SSSR count). The minimum absolute atomic E-state index is 0.0371. The first-order valence-electron chi connectivity index (χ1n) is 7.06. The highest BCUT2D eigenvalue weighted by molar-refractivity contribution is 6.30. The highest BCUT2D eigenvalue weighted by Crippen LogP contribution is 2.20. The van der Waals surface area contributed by atoms with Crippen LogP contribution in [-0.2, 0) is 6.42 Å². The summed E-state index contributed by atoms with van der Waals surface area (Å²) in [4.78, 5) is 11.7. The van der Waals surface area contributed by atoms with Gasteiger partial charge in [-0.25, -0.2) is 9.18 Å². The maximum atomic E-state index is 13.2. The lowest BCUT2D eigenvalue weighted by Gasteiger charge is -2.25. The molecule has 2 amide bonds. The zero-order chi connectivity index (χ0) is 14.4. The Morgan fingerprint density at radius 2 is 2.25 bits per heavy atom. The number of hydrogen-bond acceptors (Lipinski definition) is 1. The molecule has 1 aromatic rings. The average Bonchev–Trinajstić information content (AvgIpc) is 2.38. The number of hydrogen-bond donors (Lipinski definition) is 2. The van der Waals surface area contributed by atoms with Gasteiger partial charge >= 0.3 is 6.03 Å². The summed E-state index contributed by atoms with van der Waals surface area (Å²) in [7, 11) is 0. The summed E-state index contributed by atoms with van der Waals surface area (Å²) in [6.07, 6.45) is 2.71. The predicted molar refractivity (Wildman–Crippen MR) is 78.8 cm³/mol. The quantitative estimate of drug-likeness (QED) is 0.878. The largest absolute Gasteiger partial charge is 0.338 e. The van der Waals surface area contributed by atoms with E-state index in [9.17, 15) is 9.18 Å². The van der Waals surface area contributed by atoms with Crippen LogP contribution in [0, 0.1) is 0 Å². The van der Waals surface area contributed by atoms with Crippen LogP contribution in [0.1, 0.15) is 31.2 Å². The molecule has 1 aromatic carbocycles. The number of urea groups is 1. The molecule has 110 valence electrons. The van der Waals surface area contributed by atoms with Crippen molar-refractivity contribution in [2.45, 2.75) is 44.3 Å². The maximum absolute atomic E-state index is 13.2. The second-order valence-corrected chi connectivity index (χ2v) is 5.68. The zero-order valence-corrected chi connectivity index (χ0v) is 12.1. The van der Waals surface area contributed by atoms with Crippen molar-refractivity contribution < 1.29 is 9.18 Å². The molecule has 2 unspecified atom stereocenters. The second kappa shape index (κ2) is 7.48. The van der Waals surface area contributed by atoms with Gasteiger partial charge in [0.1, 0.15) is 6.17 Å². The topological polar surface area (TPSA) is 41.1 Å². The van der Waals surface area contributed by atoms with Gasteiger partial charge in [-0.15, -0.1) is 0 Å². The highest BCUT2D eigenvalue weighted by Gasteiger charge is 2.22. The van der Waals surface area contributed by atoms with Gasteiger partial charge in [0.2, 0.25) is 0 Å². The molecule has 0 aromatic heterocycles. The van der Waals surface area contributed by atoms with E-state index < -0.39 is 6.17 Å². The minimum Gasteiger partial charge on any atom is -0.338 e. The lowest BCUT2D eigenvalue weighted by Crippen LogP contribution is -2.44. The van der Waals surface area contributed by atoms with Gasteiger partial charge in [0.25, 0.3) is 0 Å². The van der Waals surface area contributed by atoms with Gasteiger partial charge in [-0.1, -0.05) is 23.7 Å². The highest BCUT2D eigenvalue weighted by atomic mass is 35.5. The van der Waals surface area contributed by atoms with Gasteiger partial charge in [-0.3, -0.25) is 0 Å². The molecule has 5 heteroatoms. The number of benzene rings is 1. The van der Waals surface area contributed by atoms with E-state index in [4.69, 9.17) is 11.6 Å². The number of halogens is 2. The first kappa shape index (κ1) is 15.1. The molecule has 0 aliphatic heterocycles. The van der Waals surface area contributed by atoms with Crippen LogP contribution in [0.3, 0.4) is 0 Å². The fourth-order valence-electron chi connectivity index (χ4n) is 2.51. The van der Waals surface area contributed by atoms with E-state index >= 15 is 0 Å². The number of carbonyl (C=O) groups is 1. The van der Waals surface area contributed by atoms with E-state index in [1.165, 1.54) is 0 Å². The Labute approximate surface area is 123 Å². The molecular weight excluding hydrogens is 279 g/mol. The van der Waals surface area contributed by atoms with E-state index in [-0.39, 0.29) is 12.1 Å². The Morgan fingerprint density at radius 3 is 3.00 bits per heavy atom. The van der Waals surface area contributed by atoms with E-state index in [0.29, 0.717) is 24.4 Å². The van der Waals surface area contributed by atoms with Crippen LogP contribution < -0.4 is 10.6 Å². The van der Waals surface area contributed by atoms with Crippen LogP contribution in [0.2, 0.25) is 5.02 Å². The van der Waals surface area contributed by atoms with Crippen molar-refractivity contribution in [3.05, 3.63) is 34.9 Å². The maximum Gasteiger partial charge on any atom is 0.315 e. The number of nitrogens with one attached hydrogen (secondary N) is 2. The lowest BCUT2D eigenvalue weighted by atomic mass is 9.94. The Bertz CT molecular complexity index is 455. The Balaban J connectivity index is 1.67. The monoisotopic (exact) mass is 298 g/mol. The van der Waals surface area contributed by atoms with Crippen molar-refractivity contribution in [3.8, 4) is 0 Å². The molecule has 0 radical (unpaired) electrons. The fraction of sp³-hybridized carbons (Fsp3) is 0.533. The molecule has 2 atom stereocenters. The molecule has 1 saturated carbocycles. The molecule has 20 heavy (non-hydrogen) atoms. The van der Waals surface area contributed by atoms with Gasteiger partial charge in [0.15, 0.2) is 0 Å². The summed E-state index contributed by atoms with van der Waals surface area (Å²) in [6.45, 7) is 0.540. The van der Waals surface area contributed by atoms with Crippen LogP contribution in [0.4, 0.5) is 9.18 Å². The van der Waals surface area contributed by atoms with Crippen molar-refractivity contribution >= 4 is 17.6 Å². The molecule has 0 bridgehead atoms. The third-order valence-corrected chi connectivity index (χ3v) is 3.77. The summed E-state index contributed by atoms with van der Waals surface area (Å²) < 4.78 is 13.2. The molecule has 0 saturated heterocycles. The summed E-state index contributed by atoms with van der Waals surface area (Å²) >= 11 is 5.89. The van der Waals surface area contributed by atoms with Crippen LogP contribution >= 0.6 is 11.6 Å². The predicted octanol–water partition coefficient (Wildman–Crippen LogP) is 3.46. The van der Waals surface area contributed by atoms with Gasteiger partial charge in [0.05, 0.1) is 0 Å². The van der Waals surface area contributed by atoms with Gasteiger partial charge in [0, 0.05) is 17.6 Å². The smallest absolute Gasteiger partial charge is 0.315 e. The van der Waals surface area contributed by atoms with Gasteiger partial charge in [-0.2, -0.15) is 0 Å². The first-order valence-corrected chi connectivity index (χ1v) is 7.44. The van der Waals surface area contributed by atoms with E-state index in [2.05, 4.69) is 10.6 Å². The summed E-state index contributed by atoms with van der Waals surface area (Å²) in [5.74, 6) is 0. The van der Waals surface area contributed by atoms with Crippen molar-refractivity contribution in [1.82, 2.24) is 10.6 Å². The number of alkyl halides is 1. The molecule has 1 fully saturated rings. The molecular formula is C15H20ClFN2O. The van der Waals surface area contributed by atoms with Crippen LogP contribution in [0.5, 0.6) is 0 Å². The van der Waals surface area contributed by atoms with Crippen LogP contribution in [-0.4, -0.2) is 24.8 Å². The number of rotatable bonds is 4. The van der Waals surface area contributed by atoms with Crippen molar-refractivity contribution in [2.75, 3.05) is 6.54 Å². The fourth-order valence-corrected chi connectivity index (χ4v) is 2.72. The third kappa shape index (κ3) is 5.00. The van der Waals surface area contributed by atoms with Crippen molar-refractivity contribution in [2.24, 2.45) is 0 Å². The van der Waals surface area contributed by atoms with Gasteiger partial charge < -0.3 is 10.6 Å². The standard InChI is InChI=1S/C15H20ClFN2O/c16-12-4-1-3-11(9-12)7-8-18-15(20)19-14-6-2-5-13(17)10-14/h1,3-4,9,13-14H,2,5-8,10H2,(H2,18,19,20). The van der Waals surface area contributed by atoms with E-state index in [0.717, 1.165) is 24.8 Å².